The van der Waals surface area contributed by atoms with E-state index in [1.807, 2.05) is 49.4 Å². The number of ether oxygens (including phenoxy) is 1. The highest BCUT2D eigenvalue weighted by atomic mass is 79.9. The molecular formula is C24H22BrNO3. The lowest BCUT2D eigenvalue weighted by atomic mass is 9.72. The number of Topliss-reactive ketones (excluding diaryl/α,β-unsaturated/α-hetero) is 1. The first-order valence-electron chi connectivity index (χ1n) is 9.62. The Morgan fingerprint density at radius 1 is 1.03 bits per heavy atom. The van der Waals surface area contributed by atoms with Crippen LogP contribution in [0.1, 0.15) is 42.7 Å². The molecule has 2 atom stereocenters. The first-order chi connectivity index (χ1) is 14.0. The van der Waals surface area contributed by atoms with Gasteiger partial charge in [-0.15, -0.1) is 0 Å². The number of hydrogen-bond donors (Lipinski definition) is 1. The van der Waals surface area contributed by atoms with Crippen LogP contribution in [0.15, 0.2) is 81.6 Å². The number of esters is 1. The molecule has 1 heterocycles. The van der Waals surface area contributed by atoms with Crippen LogP contribution in [0.25, 0.3) is 0 Å². The van der Waals surface area contributed by atoms with Gasteiger partial charge in [-0.25, -0.2) is 4.79 Å². The van der Waals surface area contributed by atoms with Gasteiger partial charge in [0.05, 0.1) is 12.7 Å². The van der Waals surface area contributed by atoms with E-state index in [-0.39, 0.29) is 11.7 Å². The van der Waals surface area contributed by atoms with E-state index in [0.29, 0.717) is 17.6 Å². The summed E-state index contributed by atoms with van der Waals surface area (Å²) < 4.78 is 6.01. The molecule has 1 N–H and O–H groups in total. The van der Waals surface area contributed by atoms with Crippen molar-refractivity contribution < 1.29 is 14.3 Å². The molecule has 2 aromatic rings. The van der Waals surface area contributed by atoms with E-state index in [0.717, 1.165) is 33.4 Å². The number of carbonyl (C=O) groups is 2. The molecule has 0 spiro atoms. The lowest BCUT2D eigenvalue weighted by Crippen LogP contribution is -2.36. The van der Waals surface area contributed by atoms with Gasteiger partial charge in [0, 0.05) is 33.8 Å². The molecule has 148 valence electrons. The summed E-state index contributed by atoms with van der Waals surface area (Å²) in [5.74, 6) is -0.620. The molecule has 1 aliphatic heterocycles. The van der Waals surface area contributed by atoms with Gasteiger partial charge in [0.2, 0.25) is 0 Å². The molecule has 0 unspecified atom stereocenters. The number of methoxy groups -OCH3 is 1. The maximum Gasteiger partial charge on any atom is 0.336 e. The Labute approximate surface area is 178 Å². The minimum absolute atomic E-state index is 0.0782. The van der Waals surface area contributed by atoms with E-state index in [9.17, 15) is 9.59 Å². The largest absolute Gasteiger partial charge is 0.466 e. The second-order valence-corrected chi connectivity index (χ2v) is 8.39. The van der Waals surface area contributed by atoms with Crippen molar-refractivity contribution in [3.05, 3.63) is 92.7 Å². The van der Waals surface area contributed by atoms with Crippen molar-refractivity contribution in [2.45, 2.75) is 31.6 Å². The Balaban J connectivity index is 1.81. The van der Waals surface area contributed by atoms with Crippen LogP contribution in [0, 0.1) is 0 Å². The highest BCUT2D eigenvalue weighted by molar-refractivity contribution is 9.10. The molecule has 29 heavy (non-hydrogen) atoms. The van der Waals surface area contributed by atoms with Crippen LogP contribution in [0.2, 0.25) is 0 Å². The summed E-state index contributed by atoms with van der Waals surface area (Å²) >= 11 is 3.46. The Bertz CT molecular complexity index is 1020. The first-order valence-corrected chi connectivity index (χ1v) is 10.4. The van der Waals surface area contributed by atoms with Gasteiger partial charge < -0.3 is 10.1 Å². The Morgan fingerprint density at radius 2 is 1.72 bits per heavy atom. The van der Waals surface area contributed by atoms with Crippen molar-refractivity contribution >= 4 is 27.7 Å². The summed E-state index contributed by atoms with van der Waals surface area (Å²) in [5, 5.41) is 3.35. The van der Waals surface area contributed by atoms with Crippen molar-refractivity contribution in [3.8, 4) is 0 Å². The topological polar surface area (TPSA) is 55.4 Å². The minimum atomic E-state index is -0.420. The number of rotatable bonds is 3. The molecule has 2 aliphatic rings. The zero-order valence-electron chi connectivity index (χ0n) is 16.4. The van der Waals surface area contributed by atoms with Crippen molar-refractivity contribution in [2.75, 3.05) is 7.11 Å². The predicted octanol–water partition coefficient (Wildman–Crippen LogP) is 4.98. The van der Waals surface area contributed by atoms with Crippen LogP contribution >= 0.6 is 15.9 Å². The van der Waals surface area contributed by atoms with Gasteiger partial charge in [-0.2, -0.15) is 0 Å². The van der Waals surface area contributed by atoms with E-state index in [1.54, 1.807) is 0 Å². The number of hydrogen-bond acceptors (Lipinski definition) is 4. The number of carbonyl (C=O) groups excluding carboxylic acids is 2. The van der Waals surface area contributed by atoms with E-state index < -0.39 is 11.9 Å². The number of halogens is 1. The zero-order chi connectivity index (χ0) is 20.5. The molecule has 5 heteroatoms. The maximum absolute atomic E-state index is 13.3. The second-order valence-electron chi connectivity index (χ2n) is 7.47. The van der Waals surface area contributed by atoms with Gasteiger partial charge in [0.25, 0.3) is 0 Å². The van der Waals surface area contributed by atoms with Gasteiger partial charge in [-0.3, -0.25) is 4.79 Å². The van der Waals surface area contributed by atoms with Crippen LogP contribution in [-0.4, -0.2) is 18.9 Å². The highest BCUT2D eigenvalue weighted by Crippen LogP contribution is 2.45. The zero-order valence-corrected chi connectivity index (χ0v) is 18.0. The summed E-state index contributed by atoms with van der Waals surface area (Å²) in [5.41, 5.74) is 4.91. The summed E-state index contributed by atoms with van der Waals surface area (Å²) in [4.78, 5) is 26.0. The van der Waals surface area contributed by atoms with Crippen LogP contribution in [-0.2, 0) is 14.3 Å². The Kier molecular flexibility index (Phi) is 5.41. The molecule has 1 aliphatic carbocycles. The fraction of sp³-hybridized carbons (Fsp3) is 0.250. The molecule has 4 nitrogen and oxygen atoms in total. The van der Waals surface area contributed by atoms with Crippen LogP contribution in [0.5, 0.6) is 0 Å². The van der Waals surface area contributed by atoms with Crippen LogP contribution < -0.4 is 5.32 Å². The highest BCUT2D eigenvalue weighted by Gasteiger charge is 2.41. The van der Waals surface area contributed by atoms with Crippen molar-refractivity contribution in [2.24, 2.45) is 0 Å². The third-order valence-electron chi connectivity index (χ3n) is 5.71. The summed E-state index contributed by atoms with van der Waals surface area (Å²) in [6, 6.07) is 17.9. The SMILES string of the molecule is COC(=O)C1=C(C)NC2=C(C(=O)C[C@H](c3ccccc3)C2)[C@@H]1c1ccc(Br)cc1. The number of benzene rings is 2. The molecule has 0 amide bonds. The van der Waals surface area contributed by atoms with Gasteiger partial charge >= 0.3 is 5.97 Å². The molecule has 0 bridgehead atoms. The van der Waals surface area contributed by atoms with Gasteiger partial charge in [0.15, 0.2) is 5.78 Å². The molecule has 0 radical (unpaired) electrons. The van der Waals surface area contributed by atoms with Crippen molar-refractivity contribution in [1.82, 2.24) is 5.32 Å². The van der Waals surface area contributed by atoms with Crippen LogP contribution in [0.3, 0.4) is 0 Å². The number of nitrogens with one attached hydrogen (secondary N) is 1. The van der Waals surface area contributed by atoms with E-state index in [2.05, 4.69) is 33.4 Å². The number of ketones is 1. The van der Waals surface area contributed by atoms with E-state index >= 15 is 0 Å². The van der Waals surface area contributed by atoms with E-state index in [1.165, 1.54) is 7.11 Å². The lowest BCUT2D eigenvalue weighted by Gasteiger charge is -2.36. The molecule has 0 fully saturated rings. The Hall–Kier alpha value is -2.66. The van der Waals surface area contributed by atoms with Crippen molar-refractivity contribution in [3.63, 3.8) is 0 Å². The summed E-state index contributed by atoms with van der Waals surface area (Å²) in [6.45, 7) is 1.87. The summed E-state index contributed by atoms with van der Waals surface area (Å²) in [6.07, 6.45) is 1.18. The molecule has 4 rings (SSSR count). The third-order valence-corrected chi connectivity index (χ3v) is 6.24. The number of allylic oxidation sites excluding steroid dienone is 3. The second kappa shape index (κ2) is 7.99. The third kappa shape index (κ3) is 3.67. The molecular weight excluding hydrogens is 430 g/mol. The fourth-order valence-corrected chi connectivity index (χ4v) is 4.63. The lowest BCUT2D eigenvalue weighted by molar-refractivity contribution is -0.136. The quantitative estimate of drug-likeness (QED) is 0.668. The summed E-state index contributed by atoms with van der Waals surface area (Å²) in [7, 11) is 1.37. The van der Waals surface area contributed by atoms with Crippen molar-refractivity contribution in [1.29, 1.82) is 0 Å². The average molecular weight is 452 g/mol. The molecule has 0 saturated heterocycles. The first kappa shape index (κ1) is 19.6. The van der Waals surface area contributed by atoms with Crippen LogP contribution in [0.4, 0.5) is 0 Å². The Morgan fingerprint density at radius 3 is 2.38 bits per heavy atom. The monoisotopic (exact) mass is 451 g/mol. The van der Waals surface area contributed by atoms with Gasteiger partial charge in [-0.05, 0) is 42.5 Å². The molecule has 0 saturated carbocycles. The number of dihydropyridines is 1. The average Bonchev–Trinajstić information content (AvgIpc) is 2.73. The maximum atomic E-state index is 13.3. The molecule has 0 aromatic heterocycles. The smallest absolute Gasteiger partial charge is 0.336 e. The standard InChI is InChI=1S/C24H22BrNO3/c1-14-21(24(28)29-2)22(16-8-10-18(25)11-9-16)23-19(26-14)12-17(13-20(23)27)15-6-4-3-5-7-15/h3-11,17,22,26H,12-13H2,1-2H3/t17-,22-/m1/s1. The molecule has 2 aromatic carbocycles. The minimum Gasteiger partial charge on any atom is -0.466 e. The van der Waals surface area contributed by atoms with Gasteiger partial charge in [0.1, 0.15) is 0 Å². The fourth-order valence-electron chi connectivity index (χ4n) is 4.37. The normalized spacial score (nSPS) is 21.6. The van der Waals surface area contributed by atoms with Gasteiger partial charge in [-0.1, -0.05) is 58.4 Å². The predicted molar refractivity (Wildman–Crippen MR) is 115 cm³/mol. The van der Waals surface area contributed by atoms with E-state index in [4.69, 9.17) is 4.74 Å².